The van der Waals surface area contributed by atoms with Gasteiger partial charge in [0.15, 0.2) is 0 Å². The van der Waals surface area contributed by atoms with Crippen molar-refractivity contribution in [2.45, 2.75) is 6.54 Å². The molecular weight excluding hydrogens is 260 g/mol. The lowest BCUT2D eigenvalue weighted by Gasteiger charge is -2.10. The number of aromatic carboxylic acids is 1. The van der Waals surface area contributed by atoms with Crippen LogP contribution < -0.4 is 5.56 Å². The summed E-state index contributed by atoms with van der Waals surface area (Å²) in [4.78, 5) is 23.4. The quantitative estimate of drug-likeness (QED) is 0.783. The van der Waals surface area contributed by atoms with Crippen LogP contribution in [-0.2, 0) is 6.54 Å². The molecule has 0 saturated carbocycles. The maximum atomic E-state index is 12.1. The first-order chi connectivity index (χ1) is 9.66. The number of rotatable bonds is 3. The molecule has 0 bridgehead atoms. The molecule has 2 heterocycles. The molecule has 0 spiro atoms. The van der Waals surface area contributed by atoms with Crippen molar-refractivity contribution in [2.24, 2.45) is 0 Å². The summed E-state index contributed by atoms with van der Waals surface area (Å²) in [6, 6.07) is 8.04. The van der Waals surface area contributed by atoms with Gasteiger partial charge in [-0.3, -0.25) is 4.79 Å². The Hall–Kier alpha value is -2.89. The summed E-state index contributed by atoms with van der Waals surface area (Å²) in [6.45, 7) is 0.281. The topological polar surface area (TPSA) is 85.3 Å². The second kappa shape index (κ2) is 4.65. The fourth-order valence-electron chi connectivity index (χ4n) is 2.16. The molecule has 1 aromatic carbocycles. The minimum atomic E-state index is -1.12. The van der Waals surface area contributed by atoms with Crippen molar-refractivity contribution in [1.29, 1.82) is 0 Å². The third-order valence-corrected chi connectivity index (χ3v) is 3.07. The zero-order valence-corrected chi connectivity index (χ0v) is 10.3. The van der Waals surface area contributed by atoms with Gasteiger partial charge < -0.3 is 14.2 Å². The average Bonchev–Trinajstić information content (AvgIpc) is 2.94. The SMILES string of the molecule is O=C(O)c1cc(=O)n(Cc2cnoc2)c2ccccc12. The average molecular weight is 270 g/mol. The third-order valence-electron chi connectivity index (χ3n) is 3.07. The van der Waals surface area contributed by atoms with Crippen LogP contribution in [0.3, 0.4) is 0 Å². The maximum absolute atomic E-state index is 12.1. The number of carboxylic acids is 1. The van der Waals surface area contributed by atoms with Crippen molar-refractivity contribution in [3.8, 4) is 0 Å². The van der Waals surface area contributed by atoms with Crippen LogP contribution in [0.5, 0.6) is 0 Å². The standard InChI is InChI=1S/C14H10N2O4/c17-13-5-11(14(18)19)10-3-1-2-4-12(10)16(13)7-9-6-15-20-8-9/h1-6,8H,7H2,(H,18,19). The van der Waals surface area contributed by atoms with Gasteiger partial charge in [-0.05, 0) is 6.07 Å². The summed E-state index contributed by atoms with van der Waals surface area (Å²) < 4.78 is 6.24. The summed E-state index contributed by atoms with van der Waals surface area (Å²) in [5.74, 6) is -1.12. The van der Waals surface area contributed by atoms with Gasteiger partial charge in [0.1, 0.15) is 6.26 Å². The molecule has 20 heavy (non-hydrogen) atoms. The first kappa shape index (κ1) is 12.2. The predicted octanol–water partition coefficient (Wildman–Crippen LogP) is 1.74. The van der Waals surface area contributed by atoms with E-state index in [1.54, 1.807) is 24.3 Å². The maximum Gasteiger partial charge on any atom is 0.336 e. The lowest BCUT2D eigenvalue weighted by atomic mass is 10.1. The van der Waals surface area contributed by atoms with Crippen molar-refractivity contribution >= 4 is 16.9 Å². The molecule has 0 aliphatic heterocycles. The number of carboxylic acid groups (broad SMARTS) is 1. The molecule has 0 unspecified atom stereocenters. The van der Waals surface area contributed by atoms with Crippen molar-refractivity contribution in [3.63, 3.8) is 0 Å². The van der Waals surface area contributed by atoms with Gasteiger partial charge in [0.05, 0.1) is 23.8 Å². The number of hydrogen-bond donors (Lipinski definition) is 1. The first-order valence-corrected chi connectivity index (χ1v) is 5.91. The Morgan fingerprint density at radius 2 is 2.15 bits per heavy atom. The Labute approximate surface area is 112 Å². The normalized spacial score (nSPS) is 10.8. The van der Waals surface area contributed by atoms with Gasteiger partial charge in [0.25, 0.3) is 5.56 Å². The van der Waals surface area contributed by atoms with Gasteiger partial charge >= 0.3 is 5.97 Å². The van der Waals surface area contributed by atoms with Crippen molar-refractivity contribution in [3.05, 3.63) is 64.3 Å². The molecule has 1 N–H and O–H groups in total. The first-order valence-electron chi connectivity index (χ1n) is 5.91. The molecular formula is C14H10N2O4. The third kappa shape index (κ3) is 1.97. The van der Waals surface area contributed by atoms with Crippen LogP contribution >= 0.6 is 0 Å². The highest BCUT2D eigenvalue weighted by Crippen LogP contribution is 2.17. The largest absolute Gasteiger partial charge is 0.478 e. The highest BCUT2D eigenvalue weighted by Gasteiger charge is 2.13. The summed E-state index contributed by atoms with van der Waals surface area (Å²) in [5.41, 5.74) is 0.938. The molecule has 6 nitrogen and oxygen atoms in total. The van der Waals surface area contributed by atoms with Gasteiger partial charge in [0.2, 0.25) is 0 Å². The Bertz CT molecular complexity index is 834. The Morgan fingerprint density at radius 1 is 1.35 bits per heavy atom. The van der Waals surface area contributed by atoms with E-state index >= 15 is 0 Å². The molecule has 0 fully saturated rings. The molecule has 0 atom stereocenters. The van der Waals surface area contributed by atoms with Crippen LogP contribution in [0, 0.1) is 0 Å². The molecule has 3 rings (SSSR count). The van der Waals surface area contributed by atoms with Crippen molar-refractivity contribution in [1.82, 2.24) is 9.72 Å². The Morgan fingerprint density at radius 3 is 2.85 bits per heavy atom. The second-order valence-corrected chi connectivity index (χ2v) is 4.34. The van der Waals surface area contributed by atoms with Gasteiger partial charge in [-0.25, -0.2) is 4.79 Å². The van der Waals surface area contributed by atoms with E-state index in [9.17, 15) is 14.7 Å². The lowest BCUT2D eigenvalue weighted by molar-refractivity contribution is 0.0698. The van der Waals surface area contributed by atoms with E-state index in [-0.39, 0.29) is 17.7 Å². The predicted molar refractivity (Wildman–Crippen MR) is 70.8 cm³/mol. The summed E-state index contributed by atoms with van der Waals surface area (Å²) in [7, 11) is 0. The van der Waals surface area contributed by atoms with E-state index in [1.807, 2.05) is 0 Å². The van der Waals surface area contributed by atoms with Crippen LogP contribution in [-0.4, -0.2) is 20.8 Å². The van der Waals surface area contributed by atoms with Crippen LogP contribution in [0.4, 0.5) is 0 Å². The smallest absolute Gasteiger partial charge is 0.336 e. The van der Waals surface area contributed by atoms with Crippen molar-refractivity contribution in [2.75, 3.05) is 0 Å². The number of pyridine rings is 1. The molecule has 100 valence electrons. The number of benzene rings is 1. The van der Waals surface area contributed by atoms with E-state index in [4.69, 9.17) is 4.52 Å². The number of nitrogens with zero attached hydrogens (tertiary/aromatic N) is 2. The number of carbonyl (C=O) groups is 1. The fraction of sp³-hybridized carbons (Fsp3) is 0.0714. The molecule has 0 aliphatic carbocycles. The van der Waals surface area contributed by atoms with Gasteiger partial charge in [-0.2, -0.15) is 0 Å². The van der Waals surface area contributed by atoms with Crippen LogP contribution in [0.2, 0.25) is 0 Å². The summed E-state index contributed by atoms with van der Waals surface area (Å²) in [5, 5.41) is 13.3. The monoisotopic (exact) mass is 270 g/mol. The lowest BCUT2D eigenvalue weighted by Crippen LogP contribution is -2.22. The summed E-state index contributed by atoms with van der Waals surface area (Å²) in [6.07, 6.45) is 2.97. The summed E-state index contributed by atoms with van der Waals surface area (Å²) >= 11 is 0. The fourth-order valence-corrected chi connectivity index (χ4v) is 2.16. The van der Waals surface area contributed by atoms with E-state index < -0.39 is 5.97 Å². The molecule has 0 amide bonds. The van der Waals surface area contributed by atoms with E-state index in [0.29, 0.717) is 10.9 Å². The van der Waals surface area contributed by atoms with Gasteiger partial charge in [-0.1, -0.05) is 23.4 Å². The van der Waals surface area contributed by atoms with E-state index in [2.05, 4.69) is 5.16 Å². The Balaban J connectivity index is 2.27. The molecule has 6 heteroatoms. The number of para-hydroxylation sites is 1. The molecule has 0 saturated heterocycles. The number of fused-ring (bicyclic) bond motifs is 1. The second-order valence-electron chi connectivity index (χ2n) is 4.34. The van der Waals surface area contributed by atoms with Gasteiger partial charge in [-0.15, -0.1) is 0 Å². The van der Waals surface area contributed by atoms with E-state index in [1.165, 1.54) is 17.0 Å². The zero-order chi connectivity index (χ0) is 14.1. The number of hydrogen-bond acceptors (Lipinski definition) is 4. The van der Waals surface area contributed by atoms with Crippen molar-refractivity contribution < 1.29 is 14.4 Å². The van der Waals surface area contributed by atoms with E-state index in [0.717, 1.165) is 11.6 Å². The van der Waals surface area contributed by atoms with Crippen LogP contribution in [0.1, 0.15) is 15.9 Å². The molecule has 3 aromatic rings. The minimum absolute atomic E-state index is 0.00664. The van der Waals surface area contributed by atoms with Crippen LogP contribution in [0.25, 0.3) is 10.9 Å². The van der Waals surface area contributed by atoms with Crippen LogP contribution in [0.15, 0.2) is 52.1 Å². The zero-order valence-electron chi connectivity index (χ0n) is 10.3. The number of aromatic nitrogens is 2. The molecule has 2 aromatic heterocycles. The molecule has 0 radical (unpaired) electrons. The Kier molecular flexibility index (Phi) is 2.83. The highest BCUT2D eigenvalue weighted by atomic mass is 16.5. The van der Waals surface area contributed by atoms with Gasteiger partial charge in [0, 0.05) is 17.0 Å². The molecule has 0 aliphatic rings. The minimum Gasteiger partial charge on any atom is -0.478 e. The highest BCUT2D eigenvalue weighted by molar-refractivity contribution is 6.02.